The summed E-state index contributed by atoms with van der Waals surface area (Å²) in [7, 11) is 0. The molecule has 3 aliphatic rings. The molecular weight excluding hydrogens is 386 g/mol. The standard InChI is InChI=1S/C25H31N5O/c1-15-13-28-23(14-27-15)29-24-16(2)25(19-4-5-19)30(17(3)31)22-7-6-20(12-21(22)24)18-8-10-26-11-9-18/h6-8,12-14,16,19,24-26H,4-5,9-11H2,1-3H3,(H,28,29)/t16-,24-,25-/m1/s1. The Kier molecular flexibility index (Phi) is 5.26. The highest BCUT2D eigenvalue weighted by atomic mass is 16.2. The molecule has 1 aromatic carbocycles. The molecule has 1 amide bonds. The minimum atomic E-state index is 0.0791. The predicted octanol–water partition coefficient (Wildman–Crippen LogP) is 4.10. The fourth-order valence-corrected chi connectivity index (χ4v) is 5.28. The second-order valence-electron chi connectivity index (χ2n) is 9.20. The Morgan fingerprint density at radius 1 is 1.23 bits per heavy atom. The molecule has 1 fully saturated rings. The number of carbonyl (C=O) groups excluding carboxylic acids is 1. The number of benzene rings is 1. The lowest BCUT2D eigenvalue weighted by Gasteiger charge is -2.46. The normalized spacial score (nSPS) is 25.6. The monoisotopic (exact) mass is 417 g/mol. The molecule has 3 atom stereocenters. The maximum atomic E-state index is 12.8. The Balaban J connectivity index is 1.60. The summed E-state index contributed by atoms with van der Waals surface area (Å²) in [6.07, 6.45) is 9.31. The van der Waals surface area contributed by atoms with Gasteiger partial charge in [-0.3, -0.25) is 9.78 Å². The van der Waals surface area contributed by atoms with Crippen molar-refractivity contribution in [1.82, 2.24) is 15.3 Å². The zero-order valence-corrected chi connectivity index (χ0v) is 18.6. The van der Waals surface area contributed by atoms with Crippen molar-refractivity contribution in [3.05, 3.63) is 53.5 Å². The van der Waals surface area contributed by atoms with Gasteiger partial charge in [-0.2, -0.15) is 0 Å². The SMILES string of the molecule is CC(=O)N1c2ccc(C3=CCNCC3)cc2[C@H](Nc2cnc(C)cn2)[C@@H](C)[C@@H]1C1CC1. The van der Waals surface area contributed by atoms with Gasteiger partial charge in [0.15, 0.2) is 0 Å². The van der Waals surface area contributed by atoms with Crippen LogP contribution in [0.1, 0.15) is 56.0 Å². The highest BCUT2D eigenvalue weighted by Crippen LogP contribution is 2.50. The van der Waals surface area contributed by atoms with Gasteiger partial charge in [0.25, 0.3) is 0 Å². The molecule has 0 saturated heterocycles. The Morgan fingerprint density at radius 2 is 2.06 bits per heavy atom. The van der Waals surface area contributed by atoms with Crippen LogP contribution < -0.4 is 15.5 Å². The van der Waals surface area contributed by atoms with Crippen LogP contribution in [0.2, 0.25) is 0 Å². The quantitative estimate of drug-likeness (QED) is 0.784. The summed E-state index contributed by atoms with van der Waals surface area (Å²) >= 11 is 0. The molecule has 0 unspecified atom stereocenters. The fraction of sp³-hybridized carbons (Fsp3) is 0.480. The molecule has 3 heterocycles. The molecule has 0 bridgehead atoms. The number of aromatic nitrogens is 2. The van der Waals surface area contributed by atoms with E-state index in [4.69, 9.17) is 0 Å². The number of amides is 1. The molecule has 31 heavy (non-hydrogen) atoms. The summed E-state index contributed by atoms with van der Waals surface area (Å²) < 4.78 is 0. The molecule has 162 valence electrons. The number of anilines is 2. The van der Waals surface area contributed by atoms with Crippen LogP contribution in [0.5, 0.6) is 0 Å². The van der Waals surface area contributed by atoms with Crippen molar-refractivity contribution in [2.45, 2.75) is 52.1 Å². The summed E-state index contributed by atoms with van der Waals surface area (Å²) in [4.78, 5) is 23.8. The Bertz CT molecular complexity index is 1010. The molecule has 1 saturated carbocycles. The van der Waals surface area contributed by atoms with Gasteiger partial charge >= 0.3 is 0 Å². The van der Waals surface area contributed by atoms with Crippen molar-refractivity contribution in [2.24, 2.45) is 11.8 Å². The Hall–Kier alpha value is -2.73. The van der Waals surface area contributed by atoms with E-state index in [-0.39, 0.29) is 23.9 Å². The van der Waals surface area contributed by atoms with Crippen LogP contribution in [0, 0.1) is 18.8 Å². The van der Waals surface area contributed by atoms with Crippen LogP contribution in [0.3, 0.4) is 0 Å². The molecule has 0 radical (unpaired) electrons. The summed E-state index contributed by atoms with van der Waals surface area (Å²) in [5.41, 5.74) is 5.75. The van der Waals surface area contributed by atoms with Crippen molar-refractivity contribution < 1.29 is 4.79 Å². The highest BCUT2D eigenvalue weighted by molar-refractivity contribution is 5.94. The van der Waals surface area contributed by atoms with Crippen molar-refractivity contribution >= 4 is 23.0 Å². The van der Waals surface area contributed by atoms with Gasteiger partial charge in [0.2, 0.25) is 5.91 Å². The zero-order valence-electron chi connectivity index (χ0n) is 18.6. The van der Waals surface area contributed by atoms with E-state index >= 15 is 0 Å². The first kappa shape index (κ1) is 20.2. The largest absolute Gasteiger partial charge is 0.362 e. The summed E-state index contributed by atoms with van der Waals surface area (Å²) in [6.45, 7) is 7.84. The molecule has 2 aromatic rings. The number of aryl methyl sites for hydroxylation is 1. The molecule has 6 nitrogen and oxygen atoms in total. The van der Waals surface area contributed by atoms with E-state index in [0.29, 0.717) is 5.92 Å². The van der Waals surface area contributed by atoms with Gasteiger partial charge < -0.3 is 15.5 Å². The van der Waals surface area contributed by atoms with Gasteiger partial charge in [0.1, 0.15) is 5.82 Å². The van der Waals surface area contributed by atoms with Gasteiger partial charge in [-0.25, -0.2) is 4.98 Å². The van der Waals surface area contributed by atoms with Crippen molar-refractivity contribution in [1.29, 1.82) is 0 Å². The number of fused-ring (bicyclic) bond motifs is 1. The van der Waals surface area contributed by atoms with Crippen LogP contribution in [0.4, 0.5) is 11.5 Å². The van der Waals surface area contributed by atoms with Crippen molar-refractivity contribution in [2.75, 3.05) is 23.3 Å². The maximum Gasteiger partial charge on any atom is 0.224 e. The van der Waals surface area contributed by atoms with E-state index in [1.165, 1.54) is 29.5 Å². The van der Waals surface area contributed by atoms with E-state index in [1.807, 2.05) is 13.1 Å². The minimum absolute atomic E-state index is 0.0791. The molecule has 0 spiro atoms. The third-order valence-electron chi connectivity index (χ3n) is 6.95. The summed E-state index contributed by atoms with van der Waals surface area (Å²) in [5.74, 6) is 1.76. The molecule has 2 N–H and O–H groups in total. The molecule has 5 rings (SSSR count). The number of carbonyl (C=O) groups is 1. The average molecular weight is 418 g/mol. The topological polar surface area (TPSA) is 70.2 Å². The van der Waals surface area contributed by atoms with Crippen LogP contribution in [-0.2, 0) is 4.79 Å². The maximum absolute atomic E-state index is 12.8. The lowest BCUT2D eigenvalue weighted by Crippen LogP contribution is -2.51. The summed E-state index contributed by atoms with van der Waals surface area (Å²) in [5, 5.41) is 7.06. The first-order valence-electron chi connectivity index (χ1n) is 11.4. The molecule has 2 aliphatic heterocycles. The second kappa shape index (κ2) is 8.08. The number of rotatable bonds is 4. The van der Waals surface area contributed by atoms with Crippen LogP contribution in [-0.4, -0.2) is 35.0 Å². The van der Waals surface area contributed by atoms with E-state index in [0.717, 1.165) is 36.7 Å². The smallest absolute Gasteiger partial charge is 0.224 e. The van der Waals surface area contributed by atoms with Gasteiger partial charge in [-0.05, 0) is 67.5 Å². The van der Waals surface area contributed by atoms with E-state index in [2.05, 4.69) is 56.7 Å². The van der Waals surface area contributed by atoms with Crippen molar-refractivity contribution in [3.63, 3.8) is 0 Å². The summed E-state index contributed by atoms with van der Waals surface area (Å²) in [6, 6.07) is 6.93. The number of hydrogen-bond acceptors (Lipinski definition) is 5. The third-order valence-corrected chi connectivity index (χ3v) is 6.95. The first-order chi connectivity index (χ1) is 15.0. The molecule has 1 aliphatic carbocycles. The van der Waals surface area contributed by atoms with Gasteiger partial charge in [0, 0.05) is 31.1 Å². The van der Waals surface area contributed by atoms with Crippen LogP contribution in [0.25, 0.3) is 5.57 Å². The van der Waals surface area contributed by atoms with Crippen molar-refractivity contribution in [3.8, 4) is 0 Å². The number of nitrogens with one attached hydrogen (secondary N) is 2. The van der Waals surface area contributed by atoms with Gasteiger partial charge in [0.05, 0.1) is 24.1 Å². The van der Waals surface area contributed by atoms with E-state index in [1.54, 1.807) is 13.1 Å². The Labute approximate surface area is 184 Å². The number of nitrogens with zero attached hydrogens (tertiary/aromatic N) is 3. The van der Waals surface area contributed by atoms with Crippen LogP contribution >= 0.6 is 0 Å². The average Bonchev–Trinajstić information content (AvgIpc) is 3.62. The third kappa shape index (κ3) is 3.85. The molecule has 6 heteroatoms. The fourth-order valence-electron chi connectivity index (χ4n) is 5.28. The Morgan fingerprint density at radius 3 is 2.71 bits per heavy atom. The minimum Gasteiger partial charge on any atom is -0.362 e. The molecular formula is C25H31N5O. The molecule has 1 aromatic heterocycles. The second-order valence-corrected chi connectivity index (χ2v) is 9.20. The zero-order chi connectivity index (χ0) is 21.5. The lowest BCUT2D eigenvalue weighted by atomic mass is 9.79. The van der Waals surface area contributed by atoms with Gasteiger partial charge in [-0.1, -0.05) is 19.1 Å². The number of hydrogen-bond donors (Lipinski definition) is 2. The predicted molar refractivity (Wildman–Crippen MR) is 124 cm³/mol. The van der Waals surface area contributed by atoms with Crippen LogP contribution in [0.15, 0.2) is 36.7 Å². The highest BCUT2D eigenvalue weighted by Gasteiger charge is 2.47. The lowest BCUT2D eigenvalue weighted by molar-refractivity contribution is -0.117. The van der Waals surface area contributed by atoms with Gasteiger partial charge in [-0.15, -0.1) is 0 Å². The van der Waals surface area contributed by atoms with E-state index in [9.17, 15) is 4.79 Å². The first-order valence-corrected chi connectivity index (χ1v) is 11.4. The van der Waals surface area contributed by atoms with E-state index < -0.39 is 0 Å².